The molecular formula is C14H15BrN2O3. The summed E-state index contributed by atoms with van der Waals surface area (Å²) in [5.74, 6) is -1.59. The molecule has 2 heterocycles. The number of hydrogen-bond donors (Lipinski definition) is 2. The Hall–Kier alpha value is -1.56. The van der Waals surface area contributed by atoms with Crippen LogP contribution in [0.25, 0.3) is 0 Å². The van der Waals surface area contributed by atoms with Crippen molar-refractivity contribution in [2.45, 2.75) is 31.3 Å². The molecule has 2 saturated heterocycles. The molecule has 3 atom stereocenters. The zero-order valence-corrected chi connectivity index (χ0v) is 12.3. The minimum Gasteiger partial charge on any atom is -0.481 e. The van der Waals surface area contributed by atoms with Crippen LogP contribution in [0.1, 0.15) is 29.6 Å². The Kier molecular flexibility index (Phi) is 3.20. The molecule has 1 amide bonds. The number of carbonyl (C=O) groups excluding carboxylic acids is 1. The number of fused-ring (bicyclic) bond motifs is 2. The first-order valence-electron chi connectivity index (χ1n) is 6.59. The molecule has 0 saturated carbocycles. The Bertz CT molecular complexity index is 590. The van der Waals surface area contributed by atoms with E-state index in [0.717, 1.165) is 23.0 Å². The minimum atomic E-state index is -0.752. The molecule has 2 fully saturated rings. The average molecular weight is 339 g/mol. The molecule has 0 spiro atoms. The average Bonchev–Trinajstić information content (AvgIpc) is 2.95. The highest BCUT2D eigenvalue weighted by atomic mass is 79.9. The fourth-order valence-corrected chi connectivity index (χ4v) is 3.91. The summed E-state index contributed by atoms with van der Waals surface area (Å²) in [6.45, 7) is 0. The van der Waals surface area contributed by atoms with Gasteiger partial charge in [0.2, 0.25) is 0 Å². The van der Waals surface area contributed by atoms with Crippen molar-refractivity contribution in [1.29, 1.82) is 0 Å². The van der Waals surface area contributed by atoms with Crippen LogP contribution in [0.2, 0.25) is 0 Å². The molecule has 2 bridgehead atoms. The normalized spacial score (nSPS) is 27.9. The molecule has 1 aromatic carbocycles. The Morgan fingerprint density at radius 1 is 1.35 bits per heavy atom. The standard InChI is InChI=1S/C14H15BrN2O3/c15-7-1-3-9(13(16)18)12(5-7)17-8-2-4-11(17)10(6-8)14(19)20/h1,3,5,8,10-11H,2,4,6H2,(H2,16,18)(H,19,20). The van der Waals surface area contributed by atoms with Gasteiger partial charge in [-0.3, -0.25) is 9.59 Å². The van der Waals surface area contributed by atoms with Crippen LogP contribution < -0.4 is 10.6 Å². The summed E-state index contributed by atoms with van der Waals surface area (Å²) in [6, 6.07) is 5.47. The second-order valence-electron chi connectivity index (χ2n) is 5.41. The minimum absolute atomic E-state index is 0.0371. The van der Waals surface area contributed by atoms with Crippen molar-refractivity contribution in [3.63, 3.8) is 0 Å². The number of halogens is 1. The van der Waals surface area contributed by atoms with Crippen molar-refractivity contribution in [3.8, 4) is 0 Å². The van der Waals surface area contributed by atoms with Gasteiger partial charge >= 0.3 is 5.97 Å². The number of carbonyl (C=O) groups is 2. The second kappa shape index (κ2) is 4.77. The predicted molar refractivity (Wildman–Crippen MR) is 77.7 cm³/mol. The highest BCUT2D eigenvalue weighted by Crippen LogP contribution is 2.46. The third kappa shape index (κ3) is 1.98. The van der Waals surface area contributed by atoms with E-state index in [1.807, 2.05) is 6.07 Å². The first kappa shape index (κ1) is 13.4. The molecule has 0 radical (unpaired) electrons. The van der Waals surface area contributed by atoms with E-state index in [-0.39, 0.29) is 18.0 Å². The van der Waals surface area contributed by atoms with Gasteiger partial charge in [-0.15, -0.1) is 0 Å². The first-order valence-corrected chi connectivity index (χ1v) is 7.39. The van der Waals surface area contributed by atoms with E-state index >= 15 is 0 Å². The van der Waals surface area contributed by atoms with Crippen LogP contribution in [0.5, 0.6) is 0 Å². The lowest BCUT2D eigenvalue weighted by Crippen LogP contribution is -2.34. The number of carboxylic acids is 1. The third-order valence-corrected chi connectivity index (χ3v) is 4.85. The van der Waals surface area contributed by atoms with Crippen molar-refractivity contribution in [3.05, 3.63) is 28.2 Å². The number of amides is 1. The predicted octanol–water partition coefficient (Wildman–Crippen LogP) is 1.99. The van der Waals surface area contributed by atoms with E-state index in [1.165, 1.54) is 0 Å². The largest absolute Gasteiger partial charge is 0.481 e. The quantitative estimate of drug-likeness (QED) is 0.882. The van der Waals surface area contributed by atoms with Crippen LogP contribution in [0.4, 0.5) is 5.69 Å². The van der Waals surface area contributed by atoms with Crippen LogP contribution in [0, 0.1) is 5.92 Å². The SMILES string of the molecule is NC(=O)c1ccc(Br)cc1N1C2CCC1C(C(=O)O)C2. The fourth-order valence-electron chi connectivity index (χ4n) is 3.56. The molecule has 0 aromatic heterocycles. The van der Waals surface area contributed by atoms with Crippen molar-refractivity contribution >= 4 is 33.5 Å². The number of nitrogens with two attached hydrogens (primary N) is 1. The summed E-state index contributed by atoms with van der Waals surface area (Å²) in [5, 5.41) is 9.31. The maximum Gasteiger partial charge on any atom is 0.308 e. The summed E-state index contributed by atoms with van der Waals surface area (Å²) < 4.78 is 0.857. The van der Waals surface area contributed by atoms with E-state index in [4.69, 9.17) is 5.73 Å². The Morgan fingerprint density at radius 2 is 2.10 bits per heavy atom. The molecule has 2 aliphatic rings. The van der Waals surface area contributed by atoms with Crippen molar-refractivity contribution in [2.75, 3.05) is 4.90 Å². The summed E-state index contributed by atoms with van der Waals surface area (Å²) in [7, 11) is 0. The Balaban J connectivity index is 2.04. The molecule has 5 nitrogen and oxygen atoms in total. The number of benzene rings is 1. The number of primary amides is 1. The maximum atomic E-state index is 11.6. The van der Waals surface area contributed by atoms with E-state index in [1.54, 1.807) is 12.1 Å². The highest BCUT2D eigenvalue weighted by molar-refractivity contribution is 9.10. The first-order chi connectivity index (χ1) is 9.49. The molecule has 2 aliphatic heterocycles. The Labute approximate surface area is 124 Å². The molecule has 3 unspecified atom stereocenters. The smallest absolute Gasteiger partial charge is 0.308 e. The van der Waals surface area contributed by atoms with Crippen LogP contribution in [-0.2, 0) is 4.79 Å². The van der Waals surface area contributed by atoms with Gasteiger partial charge in [0.15, 0.2) is 0 Å². The summed E-state index contributed by atoms with van der Waals surface area (Å²) in [6.07, 6.45) is 2.47. The van der Waals surface area contributed by atoms with Gasteiger partial charge in [-0.1, -0.05) is 15.9 Å². The van der Waals surface area contributed by atoms with E-state index in [2.05, 4.69) is 20.8 Å². The van der Waals surface area contributed by atoms with Gasteiger partial charge < -0.3 is 15.7 Å². The summed E-state index contributed by atoms with van der Waals surface area (Å²) >= 11 is 3.40. The number of carboxylic acid groups (broad SMARTS) is 1. The number of rotatable bonds is 3. The van der Waals surface area contributed by atoms with E-state index in [0.29, 0.717) is 12.0 Å². The zero-order valence-electron chi connectivity index (χ0n) is 10.8. The van der Waals surface area contributed by atoms with Crippen molar-refractivity contribution < 1.29 is 14.7 Å². The molecule has 0 aliphatic carbocycles. The summed E-state index contributed by atoms with van der Waals surface area (Å²) in [4.78, 5) is 25.0. The van der Waals surface area contributed by atoms with Gasteiger partial charge in [0.25, 0.3) is 5.91 Å². The van der Waals surface area contributed by atoms with E-state index in [9.17, 15) is 14.7 Å². The van der Waals surface area contributed by atoms with Gasteiger partial charge in [-0.2, -0.15) is 0 Å². The van der Waals surface area contributed by atoms with Gasteiger partial charge in [0.1, 0.15) is 0 Å². The molecule has 20 heavy (non-hydrogen) atoms. The zero-order chi connectivity index (χ0) is 14.4. The molecule has 3 rings (SSSR count). The fraction of sp³-hybridized carbons (Fsp3) is 0.429. The van der Waals surface area contributed by atoms with Gasteiger partial charge in [-0.25, -0.2) is 0 Å². The molecular weight excluding hydrogens is 324 g/mol. The lowest BCUT2D eigenvalue weighted by molar-refractivity contribution is -0.142. The van der Waals surface area contributed by atoms with Gasteiger partial charge in [0, 0.05) is 16.6 Å². The molecule has 1 aromatic rings. The third-order valence-electron chi connectivity index (χ3n) is 4.36. The van der Waals surface area contributed by atoms with Crippen molar-refractivity contribution in [2.24, 2.45) is 11.7 Å². The topological polar surface area (TPSA) is 83.6 Å². The van der Waals surface area contributed by atoms with E-state index < -0.39 is 11.9 Å². The highest BCUT2D eigenvalue weighted by Gasteiger charge is 2.49. The van der Waals surface area contributed by atoms with Crippen LogP contribution in [0.3, 0.4) is 0 Å². The van der Waals surface area contributed by atoms with Crippen molar-refractivity contribution in [1.82, 2.24) is 0 Å². The summed E-state index contributed by atoms with van der Waals surface area (Å²) in [5.41, 5.74) is 6.65. The molecule has 6 heteroatoms. The Morgan fingerprint density at radius 3 is 2.70 bits per heavy atom. The lowest BCUT2D eigenvalue weighted by Gasteiger charge is -2.27. The lowest BCUT2D eigenvalue weighted by atomic mass is 9.89. The van der Waals surface area contributed by atoms with Gasteiger partial charge in [0.05, 0.1) is 17.2 Å². The van der Waals surface area contributed by atoms with Gasteiger partial charge in [-0.05, 0) is 37.5 Å². The molecule has 3 N–H and O–H groups in total. The number of nitrogens with zero attached hydrogens (tertiary/aromatic N) is 1. The number of aliphatic carboxylic acids is 1. The van der Waals surface area contributed by atoms with Crippen LogP contribution >= 0.6 is 15.9 Å². The number of hydrogen-bond acceptors (Lipinski definition) is 3. The monoisotopic (exact) mass is 338 g/mol. The van der Waals surface area contributed by atoms with Crippen LogP contribution in [0.15, 0.2) is 22.7 Å². The maximum absolute atomic E-state index is 11.6. The second-order valence-corrected chi connectivity index (χ2v) is 6.33. The molecule has 106 valence electrons. The number of anilines is 1. The van der Waals surface area contributed by atoms with Crippen LogP contribution in [-0.4, -0.2) is 29.1 Å².